The van der Waals surface area contributed by atoms with E-state index >= 15 is 0 Å². The van der Waals surface area contributed by atoms with Gasteiger partial charge in [0.15, 0.2) is 0 Å². The first kappa shape index (κ1) is 18.9. The molecule has 0 fully saturated rings. The lowest BCUT2D eigenvalue weighted by Gasteiger charge is -2.12. The third-order valence-corrected chi connectivity index (χ3v) is 5.47. The van der Waals surface area contributed by atoms with Crippen LogP contribution in [-0.2, 0) is 17.6 Å². The van der Waals surface area contributed by atoms with Gasteiger partial charge in [-0.1, -0.05) is 34.1 Å². The van der Waals surface area contributed by atoms with Crippen LogP contribution in [0.1, 0.15) is 54.0 Å². The number of nitrogens with two attached hydrogens (primary N) is 1. The topological polar surface area (TPSA) is 72.6 Å². The molecule has 5 heteroatoms. The Morgan fingerprint density at radius 3 is 2.81 bits per heavy atom. The van der Waals surface area contributed by atoms with Gasteiger partial charge in [0.05, 0.1) is 13.0 Å². The Morgan fingerprint density at radius 1 is 1.35 bits per heavy atom. The third kappa shape index (κ3) is 4.27. The zero-order valence-corrected chi connectivity index (χ0v) is 16.5. The van der Waals surface area contributed by atoms with Crippen molar-refractivity contribution in [2.24, 2.45) is 5.73 Å². The maximum atomic E-state index is 10.8. The van der Waals surface area contributed by atoms with Crippen LogP contribution in [0.3, 0.4) is 0 Å². The number of fused-ring (bicyclic) bond motifs is 3. The number of carboxylic acid groups (broad SMARTS) is 1. The van der Waals surface area contributed by atoms with Crippen LogP contribution in [0, 0.1) is 0 Å². The average molecular weight is 418 g/mol. The van der Waals surface area contributed by atoms with E-state index in [-0.39, 0.29) is 18.4 Å². The number of ether oxygens (including phenoxy) is 1. The average Bonchev–Trinajstić information content (AvgIpc) is 3.21. The van der Waals surface area contributed by atoms with E-state index in [0.29, 0.717) is 0 Å². The number of hydrogen-bond acceptors (Lipinski definition) is 3. The molecule has 0 unspecified atom stereocenters. The molecule has 0 radical (unpaired) electrons. The van der Waals surface area contributed by atoms with E-state index in [4.69, 9.17) is 15.6 Å². The van der Waals surface area contributed by atoms with Crippen LogP contribution >= 0.6 is 15.9 Å². The molecular weight excluding hydrogens is 394 g/mol. The zero-order chi connectivity index (χ0) is 18.7. The lowest BCUT2D eigenvalue weighted by Crippen LogP contribution is -2.05. The fraction of sp³-hybridized carbons (Fsp3) is 0.381. The highest BCUT2D eigenvalue weighted by molar-refractivity contribution is 9.10. The second-order valence-electron chi connectivity index (χ2n) is 6.89. The Hall–Kier alpha value is -1.85. The largest absolute Gasteiger partial charge is 0.493 e. The van der Waals surface area contributed by atoms with Gasteiger partial charge >= 0.3 is 5.97 Å². The lowest BCUT2D eigenvalue weighted by atomic mass is 9.92. The fourth-order valence-electron chi connectivity index (χ4n) is 3.75. The minimum absolute atomic E-state index is 0.123. The monoisotopic (exact) mass is 417 g/mol. The Bertz CT molecular complexity index is 804. The summed E-state index contributed by atoms with van der Waals surface area (Å²) in [6.45, 7) is 2.72. The number of hydrogen-bond donors (Lipinski definition) is 2. The number of carbonyl (C=O) groups is 1. The zero-order valence-electron chi connectivity index (χ0n) is 14.9. The first-order valence-corrected chi connectivity index (χ1v) is 9.75. The van der Waals surface area contributed by atoms with E-state index < -0.39 is 5.97 Å². The molecule has 4 nitrogen and oxygen atoms in total. The molecule has 0 saturated carbocycles. The quantitative estimate of drug-likeness (QED) is 0.765. The number of rotatable bonds is 3. The first-order chi connectivity index (χ1) is 12.5. The van der Waals surface area contributed by atoms with Crippen molar-refractivity contribution in [3.8, 4) is 5.75 Å². The molecule has 1 aliphatic heterocycles. The second kappa shape index (κ2) is 8.23. The standard InChI is InChI=1S/C13H14O3.C8H10BrN/c14-12(15)7-9-2-1-8-3-4-11-10(13(8)9)5-6-16-11;1-6(10)7-3-2-4-8(9)5-7/h3-4,9H,1-2,5-7H2,(H,14,15);2-6H,10H2,1H3/t9-;6-/m11/s1. The fourth-order valence-corrected chi connectivity index (χ4v) is 4.17. The van der Waals surface area contributed by atoms with Gasteiger partial charge < -0.3 is 15.6 Å². The van der Waals surface area contributed by atoms with Gasteiger partial charge in [-0.2, -0.15) is 0 Å². The first-order valence-electron chi connectivity index (χ1n) is 8.96. The van der Waals surface area contributed by atoms with Crippen molar-refractivity contribution in [2.45, 2.75) is 44.6 Å². The van der Waals surface area contributed by atoms with Gasteiger partial charge in [0.1, 0.15) is 5.75 Å². The number of benzene rings is 2. The molecule has 2 aliphatic rings. The van der Waals surface area contributed by atoms with Crippen molar-refractivity contribution in [1.82, 2.24) is 0 Å². The van der Waals surface area contributed by atoms with Gasteiger partial charge in [-0.05, 0) is 60.6 Å². The predicted octanol–water partition coefficient (Wildman–Crippen LogP) is 4.59. The summed E-state index contributed by atoms with van der Waals surface area (Å²) in [5.41, 5.74) is 10.7. The molecule has 138 valence electrons. The number of halogens is 1. The van der Waals surface area contributed by atoms with E-state index in [1.807, 2.05) is 37.3 Å². The van der Waals surface area contributed by atoms with E-state index in [2.05, 4.69) is 22.0 Å². The maximum absolute atomic E-state index is 10.8. The molecule has 2 atom stereocenters. The van der Waals surface area contributed by atoms with Gasteiger partial charge in [0, 0.05) is 22.5 Å². The van der Waals surface area contributed by atoms with Crippen LogP contribution in [0.25, 0.3) is 0 Å². The molecule has 0 aromatic heterocycles. The van der Waals surface area contributed by atoms with E-state index in [9.17, 15) is 4.79 Å². The smallest absolute Gasteiger partial charge is 0.303 e. The van der Waals surface area contributed by atoms with Crippen molar-refractivity contribution < 1.29 is 14.6 Å². The van der Waals surface area contributed by atoms with Crippen molar-refractivity contribution in [1.29, 1.82) is 0 Å². The van der Waals surface area contributed by atoms with Gasteiger partial charge in [-0.15, -0.1) is 0 Å². The molecule has 0 spiro atoms. The lowest BCUT2D eigenvalue weighted by molar-refractivity contribution is -0.137. The Labute approximate surface area is 162 Å². The number of aliphatic carboxylic acids is 1. The minimum atomic E-state index is -0.700. The summed E-state index contributed by atoms with van der Waals surface area (Å²) < 4.78 is 6.62. The molecule has 4 rings (SSSR count). The highest BCUT2D eigenvalue weighted by Crippen LogP contribution is 2.43. The van der Waals surface area contributed by atoms with Gasteiger partial charge in [0.25, 0.3) is 0 Å². The molecule has 2 aromatic carbocycles. The minimum Gasteiger partial charge on any atom is -0.493 e. The van der Waals surface area contributed by atoms with Gasteiger partial charge in [-0.25, -0.2) is 0 Å². The molecule has 0 bridgehead atoms. The SMILES string of the molecule is C[C@@H](N)c1cccc(Br)c1.O=C(O)C[C@H]1CCc2ccc3c(c21)CCO3. The van der Waals surface area contributed by atoms with Crippen LogP contribution < -0.4 is 10.5 Å². The van der Waals surface area contributed by atoms with Crippen molar-refractivity contribution in [3.05, 3.63) is 63.1 Å². The van der Waals surface area contributed by atoms with E-state index in [1.165, 1.54) is 16.7 Å². The maximum Gasteiger partial charge on any atom is 0.303 e. The summed E-state index contributed by atoms with van der Waals surface area (Å²) >= 11 is 3.37. The highest BCUT2D eigenvalue weighted by Gasteiger charge is 2.30. The van der Waals surface area contributed by atoms with Crippen molar-refractivity contribution >= 4 is 21.9 Å². The van der Waals surface area contributed by atoms with Crippen LogP contribution in [0.5, 0.6) is 5.75 Å². The molecule has 0 saturated heterocycles. The number of aryl methyl sites for hydroxylation is 1. The molecule has 0 amide bonds. The molecule has 1 aliphatic carbocycles. The Kier molecular flexibility index (Phi) is 5.99. The van der Waals surface area contributed by atoms with Crippen molar-refractivity contribution in [2.75, 3.05) is 6.61 Å². The summed E-state index contributed by atoms with van der Waals surface area (Å²) in [4.78, 5) is 10.8. The Balaban J connectivity index is 0.000000170. The molecule has 1 heterocycles. The van der Waals surface area contributed by atoms with Crippen LogP contribution in [0.15, 0.2) is 40.9 Å². The van der Waals surface area contributed by atoms with Crippen LogP contribution in [0.4, 0.5) is 0 Å². The number of carboxylic acids is 1. The summed E-state index contributed by atoms with van der Waals surface area (Å²) in [6, 6.07) is 12.3. The van der Waals surface area contributed by atoms with Gasteiger partial charge in [-0.3, -0.25) is 4.79 Å². The molecule has 26 heavy (non-hydrogen) atoms. The van der Waals surface area contributed by atoms with Crippen molar-refractivity contribution in [3.63, 3.8) is 0 Å². The predicted molar refractivity (Wildman–Crippen MR) is 106 cm³/mol. The third-order valence-electron chi connectivity index (χ3n) is 4.98. The summed E-state index contributed by atoms with van der Waals surface area (Å²) in [5, 5.41) is 8.92. The highest BCUT2D eigenvalue weighted by atomic mass is 79.9. The second-order valence-corrected chi connectivity index (χ2v) is 7.81. The summed E-state index contributed by atoms with van der Waals surface area (Å²) in [5.74, 6) is 0.467. The Morgan fingerprint density at radius 2 is 2.15 bits per heavy atom. The molecular formula is C21H24BrNO3. The molecule has 3 N–H and O–H groups in total. The van der Waals surface area contributed by atoms with E-state index in [0.717, 1.165) is 41.7 Å². The van der Waals surface area contributed by atoms with E-state index in [1.54, 1.807) is 0 Å². The van der Waals surface area contributed by atoms with Crippen LogP contribution in [-0.4, -0.2) is 17.7 Å². The molecule has 2 aromatic rings. The van der Waals surface area contributed by atoms with Gasteiger partial charge in [0.2, 0.25) is 0 Å². The summed E-state index contributed by atoms with van der Waals surface area (Å²) in [7, 11) is 0. The van der Waals surface area contributed by atoms with Crippen LogP contribution in [0.2, 0.25) is 0 Å². The normalized spacial score (nSPS) is 18.2. The summed E-state index contributed by atoms with van der Waals surface area (Å²) in [6.07, 6.45) is 3.18.